The fourth-order valence-electron chi connectivity index (χ4n) is 2.22. The Morgan fingerprint density at radius 1 is 1.09 bits per heavy atom. The van der Waals surface area contributed by atoms with Gasteiger partial charge in [0.05, 0.1) is 0 Å². The first kappa shape index (κ1) is 14.2. The number of amides is 1. The zero-order valence-electron chi connectivity index (χ0n) is 12.1. The Kier molecular flexibility index (Phi) is 4.39. The number of carbonyl (C=O) groups excluding carboxylic acids is 1. The van der Waals surface area contributed by atoms with E-state index in [2.05, 4.69) is 5.32 Å². The molecular weight excluding hydrogens is 278 g/mol. The standard InChI is InChI=1S/C18H17NO3/c20-18(9-7-14-4-2-1-3-5-14)19-11-10-15-6-8-16-17(12-15)22-13-21-16/h1-9,12H,10-11,13H2,(H,19,20)/b9-7+. The van der Waals surface area contributed by atoms with E-state index in [1.165, 1.54) is 0 Å². The molecule has 0 atom stereocenters. The van der Waals surface area contributed by atoms with Crippen molar-refractivity contribution in [3.63, 3.8) is 0 Å². The minimum absolute atomic E-state index is 0.0930. The van der Waals surface area contributed by atoms with Crippen LogP contribution in [0.5, 0.6) is 11.5 Å². The van der Waals surface area contributed by atoms with Crippen molar-refractivity contribution in [2.24, 2.45) is 0 Å². The molecule has 1 N–H and O–H groups in total. The molecule has 0 saturated carbocycles. The summed E-state index contributed by atoms with van der Waals surface area (Å²) in [6.07, 6.45) is 4.10. The summed E-state index contributed by atoms with van der Waals surface area (Å²) in [6, 6.07) is 15.6. The van der Waals surface area contributed by atoms with Crippen LogP contribution in [-0.2, 0) is 11.2 Å². The van der Waals surface area contributed by atoms with Crippen LogP contribution >= 0.6 is 0 Å². The normalized spacial score (nSPS) is 12.5. The zero-order valence-corrected chi connectivity index (χ0v) is 12.1. The Balaban J connectivity index is 1.46. The summed E-state index contributed by atoms with van der Waals surface area (Å²) in [7, 11) is 0. The van der Waals surface area contributed by atoms with Crippen molar-refractivity contribution < 1.29 is 14.3 Å². The molecule has 1 heterocycles. The van der Waals surface area contributed by atoms with Crippen LogP contribution in [0.15, 0.2) is 54.6 Å². The van der Waals surface area contributed by atoms with Crippen molar-refractivity contribution in [1.29, 1.82) is 0 Å². The van der Waals surface area contributed by atoms with Gasteiger partial charge in [-0.2, -0.15) is 0 Å². The summed E-state index contributed by atoms with van der Waals surface area (Å²) < 4.78 is 10.6. The molecule has 1 aliphatic heterocycles. The minimum Gasteiger partial charge on any atom is -0.454 e. The van der Waals surface area contributed by atoms with Gasteiger partial charge in [-0.1, -0.05) is 36.4 Å². The molecule has 3 rings (SSSR count). The molecule has 0 spiro atoms. The summed E-state index contributed by atoms with van der Waals surface area (Å²) in [5, 5.41) is 2.87. The Morgan fingerprint density at radius 2 is 1.91 bits per heavy atom. The number of rotatable bonds is 5. The van der Waals surface area contributed by atoms with Crippen LogP contribution < -0.4 is 14.8 Å². The molecule has 1 aliphatic rings. The molecular formula is C18H17NO3. The van der Waals surface area contributed by atoms with Gasteiger partial charge in [0.15, 0.2) is 11.5 Å². The van der Waals surface area contributed by atoms with Crippen molar-refractivity contribution >= 4 is 12.0 Å². The molecule has 4 nitrogen and oxygen atoms in total. The molecule has 0 radical (unpaired) electrons. The SMILES string of the molecule is O=C(/C=C/c1ccccc1)NCCc1ccc2c(c1)OCO2. The van der Waals surface area contributed by atoms with Gasteiger partial charge in [-0.05, 0) is 35.8 Å². The second-order valence-corrected chi connectivity index (χ2v) is 4.97. The predicted molar refractivity (Wildman–Crippen MR) is 84.8 cm³/mol. The summed E-state index contributed by atoms with van der Waals surface area (Å²) in [5.74, 6) is 1.45. The lowest BCUT2D eigenvalue weighted by atomic mass is 10.1. The molecule has 0 saturated heterocycles. The number of hydrogen-bond donors (Lipinski definition) is 1. The number of carbonyl (C=O) groups is 1. The molecule has 2 aromatic carbocycles. The molecule has 22 heavy (non-hydrogen) atoms. The van der Waals surface area contributed by atoms with E-state index in [0.717, 1.165) is 29.0 Å². The van der Waals surface area contributed by atoms with Gasteiger partial charge < -0.3 is 14.8 Å². The highest BCUT2D eigenvalue weighted by molar-refractivity contribution is 5.91. The van der Waals surface area contributed by atoms with E-state index < -0.39 is 0 Å². The quantitative estimate of drug-likeness (QED) is 0.863. The summed E-state index contributed by atoms with van der Waals surface area (Å²) >= 11 is 0. The third-order valence-corrected chi connectivity index (χ3v) is 3.38. The molecule has 4 heteroatoms. The molecule has 0 unspecified atom stereocenters. The average molecular weight is 295 g/mol. The van der Waals surface area contributed by atoms with E-state index >= 15 is 0 Å². The Labute approximate surface area is 129 Å². The van der Waals surface area contributed by atoms with E-state index in [1.807, 2.05) is 48.5 Å². The summed E-state index contributed by atoms with van der Waals surface area (Å²) in [5.41, 5.74) is 2.12. The number of nitrogens with one attached hydrogen (secondary N) is 1. The van der Waals surface area contributed by atoms with Crippen LogP contribution in [0.4, 0.5) is 0 Å². The number of benzene rings is 2. The van der Waals surface area contributed by atoms with E-state index in [1.54, 1.807) is 12.2 Å². The van der Waals surface area contributed by atoms with Crippen molar-refractivity contribution in [2.75, 3.05) is 13.3 Å². The van der Waals surface area contributed by atoms with Crippen LogP contribution in [0, 0.1) is 0 Å². The third kappa shape index (κ3) is 3.67. The molecule has 0 aliphatic carbocycles. The van der Waals surface area contributed by atoms with Crippen LogP contribution in [0.3, 0.4) is 0 Å². The zero-order chi connectivity index (χ0) is 15.2. The Morgan fingerprint density at radius 3 is 2.77 bits per heavy atom. The average Bonchev–Trinajstić information content (AvgIpc) is 3.02. The van der Waals surface area contributed by atoms with Gasteiger partial charge in [0.1, 0.15) is 0 Å². The second kappa shape index (κ2) is 6.80. The van der Waals surface area contributed by atoms with Crippen LogP contribution in [0.25, 0.3) is 6.08 Å². The van der Waals surface area contributed by atoms with Gasteiger partial charge in [0.25, 0.3) is 0 Å². The first-order valence-corrected chi connectivity index (χ1v) is 7.21. The Bertz CT molecular complexity index is 680. The predicted octanol–water partition coefficient (Wildman–Crippen LogP) is 2.79. The molecule has 2 aromatic rings. The van der Waals surface area contributed by atoms with Gasteiger partial charge in [0.2, 0.25) is 12.7 Å². The van der Waals surface area contributed by atoms with Crippen LogP contribution in [0.1, 0.15) is 11.1 Å². The van der Waals surface area contributed by atoms with Crippen molar-refractivity contribution in [1.82, 2.24) is 5.32 Å². The lowest BCUT2D eigenvalue weighted by molar-refractivity contribution is -0.116. The molecule has 1 amide bonds. The first-order chi connectivity index (χ1) is 10.8. The minimum atomic E-state index is -0.0930. The van der Waals surface area contributed by atoms with Gasteiger partial charge in [-0.3, -0.25) is 4.79 Å². The highest BCUT2D eigenvalue weighted by Gasteiger charge is 2.12. The topological polar surface area (TPSA) is 47.6 Å². The maximum absolute atomic E-state index is 11.8. The summed E-state index contributed by atoms with van der Waals surface area (Å²) in [6.45, 7) is 0.859. The van der Waals surface area contributed by atoms with Crippen LogP contribution in [0.2, 0.25) is 0 Å². The Hall–Kier alpha value is -2.75. The smallest absolute Gasteiger partial charge is 0.244 e. The van der Waals surface area contributed by atoms with E-state index in [0.29, 0.717) is 6.54 Å². The van der Waals surface area contributed by atoms with Gasteiger partial charge >= 0.3 is 0 Å². The van der Waals surface area contributed by atoms with E-state index in [-0.39, 0.29) is 12.7 Å². The van der Waals surface area contributed by atoms with Crippen molar-refractivity contribution in [2.45, 2.75) is 6.42 Å². The second-order valence-electron chi connectivity index (χ2n) is 4.97. The highest BCUT2D eigenvalue weighted by atomic mass is 16.7. The van der Waals surface area contributed by atoms with Gasteiger partial charge in [-0.25, -0.2) is 0 Å². The fourth-order valence-corrected chi connectivity index (χ4v) is 2.22. The molecule has 112 valence electrons. The molecule has 0 aromatic heterocycles. The third-order valence-electron chi connectivity index (χ3n) is 3.38. The van der Waals surface area contributed by atoms with Crippen molar-refractivity contribution in [3.8, 4) is 11.5 Å². The van der Waals surface area contributed by atoms with Gasteiger partial charge in [-0.15, -0.1) is 0 Å². The van der Waals surface area contributed by atoms with E-state index in [9.17, 15) is 4.79 Å². The lowest BCUT2D eigenvalue weighted by Crippen LogP contribution is -2.23. The highest BCUT2D eigenvalue weighted by Crippen LogP contribution is 2.32. The maximum atomic E-state index is 11.8. The molecule has 0 fully saturated rings. The van der Waals surface area contributed by atoms with E-state index in [4.69, 9.17) is 9.47 Å². The fraction of sp³-hybridized carbons (Fsp3) is 0.167. The number of fused-ring (bicyclic) bond motifs is 1. The maximum Gasteiger partial charge on any atom is 0.244 e. The summed E-state index contributed by atoms with van der Waals surface area (Å²) in [4.78, 5) is 11.8. The first-order valence-electron chi connectivity index (χ1n) is 7.21. The largest absolute Gasteiger partial charge is 0.454 e. The van der Waals surface area contributed by atoms with Crippen molar-refractivity contribution in [3.05, 3.63) is 65.7 Å². The van der Waals surface area contributed by atoms with Gasteiger partial charge in [0, 0.05) is 12.6 Å². The number of hydrogen-bond acceptors (Lipinski definition) is 3. The lowest BCUT2D eigenvalue weighted by Gasteiger charge is -2.04. The monoisotopic (exact) mass is 295 g/mol. The van der Waals surface area contributed by atoms with Crippen LogP contribution in [-0.4, -0.2) is 19.2 Å². The number of ether oxygens (including phenoxy) is 2. The molecule has 0 bridgehead atoms.